The van der Waals surface area contributed by atoms with Crippen LogP contribution in [0.4, 0.5) is 4.39 Å². The quantitative estimate of drug-likeness (QED) is 0.840. The molecule has 16 heavy (non-hydrogen) atoms. The van der Waals surface area contributed by atoms with Crippen molar-refractivity contribution < 1.29 is 9.50 Å². The highest BCUT2D eigenvalue weighted by molar-refractivity contribution is 5.30. The van der Waals surface area contributed by atoms with Crippen molar-refractivity contribution in [3.8, 4) is 0 Å². The summed E-state index contributed by atoms with van der Waals surface area (Å²) in [6.07, 6.45) is 0.702. The molecule has 0 spiro atoms. The van der Waals surface area contributed by atoms with Crippen LogP contribution in [0.2, 0.25) is 0 Å². The third-order valence-electron chi connectivity index (χ3n) is 2.53. The van der Waals surface area contributed by atoms with Gasteiger partial charge in [0, 0.05) is 18.8 Å². The van der Waals surface area contributed by atoms with E-state index in [1.54, 1.807) is 49.1 Å². The maximum absolute atomic E-state index is 13.7. The number of aromatic nitrogens is 2. The van der Waals surface area contributed by atoms with Gasteiger partial charge < -0.3 is 5.11 Å². The summed E-state index contributed by atoms with van der Waals surface area (Å²) in [7, 11) is 1.75. The topological polar surface area (TPSA) is 38.0 Å². The first-order valence-corrected chi connectivity index (χ1v) is 5.02. The van der Waals surface area contributed by atoms with Crippen molar-refractivity contribution in [3.63, 3.8) is 0 Å². The Balaban J connectivity index is 2.41. The smallest absolute Gasteiger partial charge is 0.132 e. The van der Waals surface area contributed by atoms with Gasteiger partial charge >= 0.3 is 0 Å². The summed E-state index contributed by atoms with van der Waals surface area (Å²) in [5.41, 5.74) is 1.23. The molecule has 1 N–H and O–H groups in total. The molecule has 2 aromatic rings. The number of aliphatic hydroxyl groups excluding tert-OH is 1. The molecule has 0 fully saturated rings. The van der Waals surface area contributed by atoms with Gasteiger partial charge in [-0.1, -0.05) is 18.2 Å². The fraction of sp³-hybridized carbons (Fsp3) is 0.250. The van der Waals surface area contributed by atoms with Crippen LogP contribution in [0.15, 0.2) is 30.5 Å². The van der Waals surface area contributed by atoms with Crippen molar-refractivity contribution in [2.45, 2.75) is 13.0 Å². The van der Waals surface area contributed by atoms with Crippen molar-refractivity contribution in [2.75, 3.05) is 0 Å². The lowest BCUT2D eigenvalue weighted by Crippen LogP contribution is -2.05. The standard InChI is InChI=1S/C12H13FN2O/c1-8-4-3-5-9(11(8)13)12(16)10-6-7-15(2)14-10/h3-7,12,16H,1-2H3. The third-order valence-corrected chi connectivity index (χ3v) is 2.53. The second-order valence-electron chi connectivity index (χ2n) is 3.79. The van der Waals surface area contributed by atoms with Crippen LogP contribution in [0.25, 0.3) is 0 Å². The molecule has 0 amide bonds. The van der Waals surface area contributed by atoms with E-state index in [2.05, 4.69) is 5.10 Å². The molecule has 1 unspecified atom stereocenters. The van der Waals surface area contributed by atoms with Gasteiger partial charge in [0.05, 0.1) is 5.69 Å². The predicted octanol–water partition coefficient (Wildman–Crippen LogP) is 1.95. The highest BCUT2D eigenvalue weighted by atomic mass is 19.1. The molecule has 0 radical (unpaired) electrons. The van der Waals surface area contributed by atoms with E-state index in [1.165, 1.54) is 0 Å². The molecule has 0 saturated heterocycles. The highest BCUT2D eigenvalue weighted by Crippen LogP contribution is 2.24. The van der Waals surface area contributed by atoms with Gasteiger partial charge in [0.15, 0.2) is 0 Å². The first-order chi connectivity index (χ1) is 7.59. The zero-order valence-corrected chi connectivity index (χ0v) is 9.18. The second kappa shape index (κ2) is 4.06. The molecule has 1 aromatic carbocycles. The summed E-state index contributed by atoms with van der Waals surface area (Å²) < 4.78 is 15.3. The SMILES string of the molecule is Cc1cccc(C(O)c2ccn(C)n2)c1F. The van der Waals surface area contributed by atoms with Gasteiger partial charge in [0.25, 0.3) is 0 Å². The number of rotatable bonds is 2. The lowest BCUT2D eigenvalue weighted by atomic mass is 10.0. The molecular formula is C12H13FN2O. The molecule has 0 aliphatic heterocycles. The molecule has 0 bridgehead atoms. The van der Waals surface area contributed by atoms with Crippen LogP contribution >= 0.6 is 0 Å². The number of nitrogens with zero attached hydrogens (tertiary/aromatic N) is 2. The van der Waals surface area contributed by atoms with E-state index >= 15 is 0 Å². The molecule has 0 aliphatic rings. The fourth-order valence-electron chi connectivity index (χ4n) is 1.62. The number of hydrogen-bond donors (Lipinski definition) is 1. The van der Waals surface area contributed by atoms with Gasteiger partial charge in [-0.25, -0.2) is 4.39 Å². The zero-order chi connectivity index (χ0) is 11.7. The minimum atomic E-state index is -1.01. The van der Waals surface area contributed by atoms with E-state index in [0.29, 0.717) is 11.3 Å². The molecule has 0 aliphatic carbocycles. The summed E-state index contributed by atoms with van der Waals surface area (Å²) in [5, 5.41) is 14.1. The molecule has 3 nitrogen and oxygen atoms in total. The van der Waals surface area contributed by atoms with E-state index < -0.39 is 6.10 Å². The van der Waals surface area contributed by atoms with E-state index in [4.69, 9.17) is 0 Å². The molecular weight excluding hydrogens is 207 g/mol. The van der Waals surface area contributed by atoms with Crippen LogP contribution in [0, 0.1) is 12.7 Å². The van der Waals surface area contributed by atoms with Gasteiger partial charge in [-0.15, -0.1) is 0 Å². The largest absolute Gasteiger partial charge is 0.382 e. The van der Waals surface area contributed by atoms with E-state index in [1.807, 2.05) is 0 Å². The normalized spacial score (nSPS) is 12.8. The molecule has 84 valence electrons. The number of aryl methyl sites for hydroxylation is 2. The average molecular weight is 220 g/mol. The van der Waals surface area contributed by atoms with Gasteiger partial charge in [-0.3, -0.25) is 4.68 Å². The number of aliphatic hydroxyl groups is 1. The first kappa shape index (κ1) is 10.8. The maximum Gasteiger partial charge on any atom is 0.132 e. The van der Waals surface area contributed by atoms with Crippen LogP contribution in [0.3, 0.4) is 0 Å². The number of benzene rings is 1. The Morgan fingerprint density at radius 3 is 2.75 bits per heavy atom. The van der Waals surface area contributed by atoms with Gasteiger partial charge in [-0.05, 0) is 18.6 Å². The molecule has 1 atom stereocenters. The highest BCUT2D eigenvalue weighted by Gasteiger charge is 2.17. The second-order valence-corrected chi connectivity index (χ2v) is 3.79. The Morgan fingerprint density at radius 2 is 2.12 bits per heavy atom. The van der Waals surface area contributed by atoms with Crippen LogP contribution in [-0.4, -0.2) is 14.9 Å². The van der Waals surface area contributed by atoms with Crippen LogP contribution in [0.5, 0.6) is 0 Å². The minimum Gasteiger partial charge on any atom is -0.382 e. The van der Waals surface area contributed by atoms with Gasteiger partial charge in [-0.2, -0.15) is 5.10 Å². The average Bonchev–Trinajstić information content (AvgIpc) is 2.68. The van der Waals surface area contributed by atoms with E-state index in [0.717, 1.165) is 0 Å². The Hall–Kier alpha value is -1.68. The first-order valence-electron chi connectivity index (χ1n) is 5.02. The lowest BCUT2D eigenvalue weighted by molar-refractivity contribution is 0.209. The summed E-state index contributed by atoms with van der Waals surface area (Å²) >= 11 is 0. The molecule has 2 rings (SSSR count). The summed E-state index contributed by atoms with van der Waals surface area (Å²) in [5.74, 6) is -0.374. The van der Waals surface area contributed by atoms with Gasteiger partial charge in [0.1, 0.15) is 11.9 Å². The van der Waals surface area contributed by atoms with Crippen LogP contribution < -0.4 is 0 Å². The predicted molar refractivity (Wildman–Crippen MR) is 58.4 cm³/mol. The van der Waals surface area contributed by atoms with Crippen molar-refractivity contribution in [3.05, 3.63) is 53.1 Å². The summed E-state index contributed by atoms with van der Waals surface area (Å²) in [4.78, 5) is 0. The summed E-state index contributed by atoms with van der Waals surface area (Å²) in [6, 6.07) is 6.64. The third kappa shape index (κ3) is 1.84. The fourth-order valence-corrected chi connectivity index (χ4v) is 1.62. The van der Waals surface area contributed by atoms with Crippen molar-refractivity contribution in [1.29, 1.82) is 0 Å². The Morgan fingerprint density at radius 1 is 1.38 bits per heavy atom. The molecule has 0 saturated carbocycles. The van der Waals surface area contributed by atoms with Crippen LogP contribution in [0.1, 0.15) is 22.9 Å². The summed E-state index contributed by atoms with van der Waals surface area (Å²) in [6.45, 7) is 1.67. The van der Waals surface area contributed by atoms with Gasteiger partial charge in [0.2, 0.25) is 0 Å². The lowest BCUT2D eigenvalue weighted by Gasteiger charge is -2.10. The molecule has 4 heteroatoms. The van der Waals surface area contributed by atoms with Crippen LogP contribution in [-0.2, 0) is 7.05 Å². The molecule has 1 heterocycles. The van der Waals surface area contributed by atoms with E-state index in [-0.39, 0.29) is 11.4 Å². The Bertz CT molecular complexity index is 507. The monoisotopic (exact) mass is 220 g/mol. The maximum atomic E-state index is 13.7. The Labute approximate surface area is 93.2 Å². The van der Waals surface area contributed by atoms with Crippen molar-refractivity contribution in [1.82, 2.24) is 9.78 Å². The van der Waals surface area contributed by atoms with Crippen molar-refractivity contribution in [2.24, 2.45) is 7.05 Å². The number of halogens is 1. The van der Waals surface area contributed by atoms with Crippen molar-refractivity contribution >= 4 is 0 Å². The Kier molecular flexibility index (Phi) is 2.75. The van der Waals surface area contributed by atoms with E-state index in [9.17, 15) is 9.50 Å². The minimum absolute atomic E-state index is 0.263. The number of hydrogen-bond acceptors (Lipinski definition) is 2. The molecule has 1 aromatic heterocycles. The zero-order valence-electron chi connectivity index (χ0n) is 9.18.